The molecule has 0 unspecified atom stereocenters. The van der Waals surface area contributed by atoms with Crippen LogP contribution in [0.3, 0.4) is 0 Å². The van der Waals surface area contributed by atoms with Gasteiger partial charge in [0.2, 0.25) is 0 Å². The van der Waals surface area contributed by atoms with Gasteiger partial charge in [0, 0.05) is 18.5 Å². The molecular weight excluding hydrogens is 284 g/mol. The molecule has 21 heavy (non-hydrogen) atoms. The molecule has 3 N–H and O–H groups in total. The third-order valence-electron chi connectivity index (χ3n) is 3.34. The second kappa shape index (κ2) is 5.54. The largest absolute Gasteiger partial charge is 0.455 e. The molecule has 0 radical (unpaired) electrons. The summed E-state index contributed by atoms with van der Waals surface area (Å²) in [6.07, 6.45) is 0. The number of halogens is 1. The third-order valence-corrected chi connectivity index (χ3v) is 3.64. The molecule has 0 saturated carbocycles. The molecule has 0 amide bonds. The highest BCUT2D eigenvalue weighted by molar-refractivity contribution is 6.32. The molecule has 0 aromatic heterocycles. The van der Waals surface area contributed by atoms with E-state index >= 15 is 0 Å². The van der Waals surface area contributed by atoms with Crippen LogP contribution in [0.5, 0.6) is 11.5 Å². The van der Waals surface area contributed by atoms with E-state index in [9.17, 15) is 0 Å². The van der Waals surface area contributed by atoms with Crippen molar-refractivity contribution in [2.45, 2.75) is 0 Å². The minimum absolute atomic E-state index is 0.486. The first-order valence-electron chi connectivity index (χ1n) is 6.61. The molecule has 0 saturated heterocycles. The van der Waals surface area contributed by atoms with Gasteiger partial charge < -0.3 is 15.8 Å². The number of rotatable bonds is 3. The summed E-state index contributed by atoms with van der Waals surface area (Å²) in [5.41, 5.74) is 7.26. The van der Waals surface area contributed by atoms with E-state index in [-0.39, 0.29) is 0 Å². The average Bonchev–Trinajstić information content (AvgIpc) is 2.50. The smallest absolute Gasteiger partial charge is 0.148 e. The number of nitrogens with two attached hydrogens (primary N) is 1. The van der Waals surface area contributed by atoms with Gasteiger partial charge in [-0.3, -0.25) is 0 Å². The lowest BCUT2D eigenvalue weighted by atomic mass is 10.1. The third kappa shape index (κ3) is 2.60. The summed E-state index contributed by atoms with van der Waals surface area (Å²) in [5, 5.41) is 5.67. The van der Waals surface area contributed by atoms with Crippen LogP contribution in [0, 0.1) is 0 Å². The Balaban J connectivity index is 2.07. The molecule has 0 fully saturated rings. The molecule has 3 aromatic rings. The molecule has 106 valence electrons. The van der Waals surface area contributed by atoms with Crippen LogP contribution in [0.2, 0.25) is 5.02 Å². The first-order chi connectivity index (χ1) is 10.2. The maximum atomic E-state index is 6.23. The number of benzene rings is 3. The number of fused-ring (bicyclic) bond motifs is 1. The average molecular weight is 299 g/mol. The highest BCUT2D eigenvalue weighted by Crippen LogP contribution is 2.37. The monoisotopic (exact) mass is 298 g/mol. The molecule has 0 bridgehead atoms. The van der Waals surface area contributed by atoms with Gasteiger partial charge in [0.05, 0.1) is 16.4 Å². The Hall–Kier alpha value is -2.39. The summed E-state index contributed by atoms with van der Waals surface area (Å²) < 4.78 is 5.99. The molecule has 0 aliphatic heterocycles. The summed E-state index contributed by atoms with van der Waals surface area (Å²) in [4.78, 5) is 0. The number of hydrogen-bond acceptors (Lipinski definition) is 3. The van der Waals surface area contributed by atoms with E-state index in [1.165, 1.54) is 0 Å². The SMILES string of the molecule is CNc1cc(Oc2cccc3ccccc23)c(Cl)cc1N. The fourth-order valence-corrected chi connectivity index (χ4v) is 2.48. The van der Waals surface area contributed by atoms with Crippen molar-refractivity contribution in [1.29, 1.82) is 0 Å². The molecule has 0 heterocycles. The van der Waals surface area contributed by atoms with E-state index in [2.05, 4.69) is 5.32 Å². The van der Waals surface area contributed by atoms with Crippen molar-refractivity contribution in [2.75, 3.05) is 18.1 Å². The molecule has 3 nitrogen and oxygen atoms in total. The Labute approximate surface area is 128 Å². The highest BCUT2D eigenvalue weighted by atomic mass is 35.5. The van der Waals surface area contributed by atoms with Crippen LogP contribution in [0.1, 0.15) is 0 Å². The van der Waals surface area contributed by atoms with Gasteiger partial charge in [0.15, 0.2) is 0 Å². The summed E-state index contributed by atoms with van der Waals surface area (Å²) >= 11 is 6.23. The topological polar surface area (TPSA) is 47.3 Å². The van der Waals surface area contributed by atoms with Gasteiger partial charge in [0.1, 0.15) is 11.5 Å². The van der Waals surface area contributed by atoms with E-state index in [0.717, 1.165) is 22.2 Å². The van der Waals surface area contributed by atoms with Gasteiger partial charge in [-0.05, 0) is 17.5 Å². The fraction of sp³-hybridized carbons (Fsp3) is 0.0588. The predicted octanol–water partition coefficient (Wildman–Crippen LogP) is 4.91. The van der Waals surface area contributed by atoms with Crippen LogP contribution in [-0.2, 0) is 0 Å². The number of hydrogen-bond donors (Lipinski definition) is 2. The van der Waals surface area contributed by atoms with Crippen molar-refractivity contribution in [1.82, 2.24) is 0 Å². The fourth-order valence-electron chi connectivity index (χ4n) is 2.27. The molecule has 4 heteroatoms. The normalized spacial score (nSPS) is 10.6. The second-order valence-electron chi connectivity index (χ2n) is 4.70. The number of anilines is 2. The van der Waals surface area contributed by atoms with Crippen molar-refractivity contribution in [3.63, 3.8) is 0 Å². The molecule has 0 atom stereocenters. The first-order valence-corrected chi connectivity index (χ1v) is 6.99. The van der Waals surface area contributed by atoms with Crippen molar-refractivity contribution >= 4 is 33.7 Å². The van der Waals surface area contributed by atoms with Crippen molar-refractivity contribution in [3.8, 4) is 11.5 Å². The zero-order chi connectivity index (χ0) is 14.8. The molecular formula is C17H15ClN2O. The summed E-state index contributed by atoms with van der Waals surface area (Å²) in [5.74, 6) is 1.34. The summed E-state index contributed by atoms with van der Waals surface area (Å²) in [6.45, 7) is 0. The van der Waals surface area contributed by atoms with E-state index in [1.54, 1.807) is 19.2 Å². The van der Waals surface area contributed by atoms with Crippen LogP contribution in [0.15, 0.2) is 54.6 Å². The van der Waals surface area contributed by atoms with E-state index in [0.29, 0.717) is 16.5 Å². The Morgan fingerprint density at radius 3 is 2.57 bits per heavy atom. The summed E-state index contributed by atoms with van der Waals surface area (Å²) in [7, 11) is 1.81. The lowest BCUT2D eigenvalue weighted by Gasteiger charge is -2.13. The minimum Gasteiger partial charge on any atom is -0.455 e. The van der Waals surface area contributed by atoms with Crippen LogP contribution in [-0.4, -0.2) is 7.05 Å². The Morgan fingerprint density at radius 1 is 1.00 bits per heavy atom. The van der Waals surface area contributed by atoms with Crippen molar-refractivity contribution < 1.29 is 4.74 Å². The molecule has 0 aliphatic carbocycles. The van der Waals surface area contributed by atoms with Gasteiger partial charge in [-0.15, -0.1) is 0 Å². The standard InChI is InChI=1S/C17H15ClN2O/c1-20-15-10-17(13(18)9-14(15)19)21-16-8-4-6-11-5-2-3-7-12(11)16/h2-10,20H,19H2,1H3. The van der Waals surface area contributed by atoms with Crippen molar-refractivity contribution in [3.05, 3.63) is 59.6 Å². The lowest BCUT2D eigenvalue weighted by Crippen LogP contribution is -1.97. The van der Waals surface area contributed by atoms with Crippen LogP contribution in [0.25, 0.3) is 10.8 Å². The number of ether oxygens (including phenoxy) is 1. The van der Waals surface area contributed by atoms with Gasteiger partial charge in [-0.1, -0.05) is 48.0 Å². The van der Waals surface area contributed by atoms with Crippen LogP contribution >= 0.6 is 11.6 Å². The summed E-state index contributed by atoms with van der Waals surface area (Å²) in [6, 6.07) is 17.5. The van der Waals surface area contributed by atoms with Gasteiger partial charge in [0.25, 0.3) is 0 Å². The molecule has 0 aliphatic rings. The minimum atomic E-state index is 0.486. The zero-order valence-electron chi connectivity index (χ0n) is 11.6. The first kappa shape index (κ1) is 13.6. The van der Waals surface area contributed by atoms with E-state index in [4.69, 9.17) is 22.1 Å². The number of nitrogens with one attached hydrogen (secondary N) is 1. The quantitative estimate of drug-likeness (QED) is 0.675. The van der Waals surface area contributed by atoms with Crippen LogP contribution in [0.4, 0.5) is 11.4 Å². The second-order valence-corrected chi connectivity index (χ2v) is 5.11. The lowest BCUT2D eigenvalue weighted by molar-refractivity contribution is 0.489. The Kier molecular flexibility index (Phi) is 3.59. The Bertz CT molecular complexity index is 797. The van der Waals surface area contributed by atoms with Crippen LogP contribution < -0.4 is 15.8 Å². The van der Waals surface area contributed by atoms with E-state index < -0.39 is 0 Å². The molecule has 3 rings (SSSR count). The maximum Gasteiger partial charge on any atom is 0.148 e. The predicted molar refractivity (Wildman–Crippen MR) is 89.4 cm³/mol. The van der Waals surface area contributed by atoms with Gasteiger partial charge in [-0.25, -0.2) is 0 Å². The highest BCUT2D eigenvalue weighted by Gasteiger charge is 2.09. The molecule has 3 aromatic carbocycles. The van der Waals surface area contributed by atoms with Gasteiger partial charge in [-0.2, -0.15) is 0 Å². The Morgan fingerprint density at radius 2 is 1.76 bits per heavy atom. The van der Waals surface area contributed by atoms with E-state index in [1.807, 2.05) is 42.5 Å². The maximum absolute atomic E-state index is 6.23. The zero-order valence-corrected chi connectivity index (χ0v) is 12.3. The molecule has 0 spiro atoms. The number of nitrogen functional groups attached to an aromatic ring is 1. The van der Waals surface area contributed by atoms with Gasteiger partial charge >= 0.3 is 0 Å². The van der Waals surface area contributed by atoms with Crippen molar-refractivity contribution in [2.24, 2.45) is 0 Å².